The molecule has 76 valence electrons. The standard InChI is InChI=1S/C11H21NS/c1-6-7-12-8-10(4)13-11(5)9(2)3/h1,9-12H,7-8H2,2-5H3. The molecule has 0 aliphatic heterocycles. The van der Waals surface area contributed by atoms with Crippen LogP contribution in [0.5, 0.6) is 0 Å². The van der Waals surface area contributed by atoms with Gasteiger partial charge in [0.2, 0.25) is 0 Å². The number of hydrogen-bond donors (Lipinski definition) is 1. The Labute approximate surface area is 87.1 Å². The molecule has 0 rings (SSSR count). The van der Waals surface area contributed by atoms with Crippen molar-refractivity contribution in [2.45, 2.75) is 38.2 Å². The van der Waals surface area contributed by atoms with Crippen molar-refractivity contribution in [2.75, 3.05) is 13.1 Å². The highest BCUT2D eigenvalue weighted by molar-refractivity contribution is 8.00. The zero-order valence-corrected chi connectivity index (χ0v) is 9.95. The minimum atomic E-state index is 0.644. The van der Waals surface area contributed by atoms with Crippen LogP contribution in [0, 0.1) is 18.3 Å². The van der Waals surface area contributed by atoms with Crippen LogP contribution < -0.4 is 5.32 Å². The number of rotatable bonds is 6. The lowest BCUT2D eigenvalue weighted by molar-refractivity contribution is 0.636. The molecule has 0 aliphatic carbocycles. The fourth-order valence-electron chi connectivity index (χ4n) is 0.919. The van der Waals surface area contributed by atoms with Crippen LogP contribution in [0.4, 0.5) is 0 Å². The van der Waals surface area contributed by atoms with Crippen LogP contribution >= 0.6 is 11.8 Å². The summed E-state index contributed by atoms with van der Waals surface area (Å²) in [4.78, 5) is 0. The van der Waals surface area contributed by atoms with Crippen LogP contribution in [0.1, 0.15) is 27.7 Å². The van der Waals surface area contributed by atoms with E-state index < -0.39 is 0 Å². The van der Waals surface area contributed by atoms with E-state index in [-0.39, 0.29) is 0 Å². The molecule has 0 aromatic heterocycles. The van der Waals surface area contributed by atoms with Crippen molar-refractivity contribution in [3.05, 3.63) is 0 Å². The molecule has 2 heteroatoms. The van der Waals surface area contributed by atoms with E-state index in [1.54, 1.807) is 0 Å². The van der Waals surface area contributed by atoms with Gasteiger partial charge in [-0.15, -0.1) is 6.42 Å². The van der Waals surface area contributed by atoms with Crippen LogP contribution in [-0.4, -0.2) is 23.6 Å². The molecule has 0 bridgehead atoms. The number of hydrogen-bond acceptors (Lipinski definition) is 2. The molecule has 0 heterocycles. The lowest BCUT2D eigenvalue weighted by Gasteiger charge is -2.19. The van der Waals surface area contributed by atoms with Crippen LogP contribution in [-0.2, 0) is 0 Å². The van der Waals surface area contributed by atoms with Crippen LogP contribution in [0.25, 0.3) is 0 Å². The van der Waals surface area contributed by atoms with Crippen molar-refractivity contribution >= 4 is 11.8 Å². The van der Waals surface area contributed by atoms with E-state index >= 15 is 0 Å². The summed E-state index contributed by atoms with van der Waals surface area (Å²) in [6.07, 6.45) is 5.14. The van der Waals surface area contributed by atoms with Crippen molar-refractivity contribution < 1.29 is 0 Å². The third-order valence-corrected chi connectivity index (χ3v) is 3.65. The van der Waals surface area contributed by atoms with Gasteiger partial charge in [0, 0.05) is 17.0 Å². The van der Waals surface area contributed by atoms with Gasteiger partial charge in [0.1, 0.15) is 0 Å². The highest BCUT2D eigenvalue weighted by atomic mass is 32.2. The first-order valence-corrected chi connectivity index (χ1v) is 5.81. The highest BCUT2D eigenvalue weighted by Gasteiger charge is 2.11. The highest BCUT2D eigenvalue weighted by Crippen LogP contribution is 2.22. The van der Waals surface area contributed by atoms with Crippen LogP contribution in [0.15, 0.2) is 0 Å². The molecule has 0 fully saturated rings. The molecule has 1 N–H and O–H groups in total. The van der Waals surface area contributed by atoms with E-state index in [4.69, 9.17) is 6.42 Å². The largest absolute Gasteiger partial charge is 0.305 e. The second-order valence-corrected chi connectivity index (χ2v) is 5.55. The monoisotopic (exact) mass is 199 g/mol. The number of thioether (sulfide) groups is 1. The van der Waals surface area contributed by atoms with Crippen molar-refractivity contribution in [2.24, 2.45) is 5.92 Å². The molecule has 2 atom stereocenters. The van der Waals surface area contributed by atoms with E-state index in [1.165, 1.54) is 0 Å². The SMILES string of the molecule is C#CCNCC(C)SC(C)C(C)C. The molecule has 0 saturated heterocycles. The van der Waals surface area contributed by atoms with Gasteiger partial charge < -0.3 is 5.32 Å². The van der Waals surface area contributed by atoms with Crippen molar-refractivity contribution in [3.63, 3.8) is 0 Å². The molecule has 0 aliphatic rings. The molecule has 0 amide bonds. The Bertz CT molecular complexity index is 160. The summed E-state index contributed by atoms with van der Waals surface area (Å²) in [7, 11) is 0. The molecular weight excluding hydrogens is 178 g/mol. The first-order chi connectivity index (χ1) is 6.07. The fourth-order valence-corrected chi connectivity index (χ4v) is 2.18. The Morgan fingerprint density at radius 2 is 1.92 bits per heavy atom. The summed E-state index contributed by atoms with van der Waals surface area (Å²) in [5.41, 5.74) is 0. The number of nitrogens with one attached hydrogen (secondary N) is 1. The lowest BCUT2D eigenvalue weighted by atomic mass is 10.2. The maximum Gasteiger partial charge on any atom is 0.0574 e. The molecule has 0 aromatic rings. The molecule has 13 heavy (non-hydrogen) atoms. The van der Waals surface area contributed by atoms with Gasteiger partial charge in [0.05, 0.1) is 6.54 Å². The van der Waals surface area contributed by atoms with Gasteiger partial charge in [0.25, 0.3) is 0 Å². The summed E-state index contributed by atoms with van der Waals surface area (Å²) in [5, 5.41) is 4.59. The molecule has 0 spiro atoms. The van der Waals surface area contributed by atoms with E-state index in [2.05, 4.69) is 38.9 Å². The van der Waals surface area contributed by atoms with Crippen molar-refractivity contribution in [1.29, 1.82) is 0 Å². The van der Waals surface area contributed by atoms with Crippen LogP contribution in [0.2, 0.25) is 0 Å². The van der Waals surface area contributed by atoms with Crippen molar-refractivity contribution in [3.8, 4) is 12.3 Å². The van der Waals surface area contributed by atoms with E-state index in [0.29, 0.717) is 11.8 Å². The first kappa shape index (κ1) is 12.9. The van der Waals surface area contributed by atoms with Gasteiger partial charge in [-0.25, -0.2) is 0 Å². The topological polar surface area (TPSA) is 12.0 Å². The van der Waals surface area contributed by atoms with Crippen molar-refractivity contribution in [1.82, 2.24) is 5.32 Å². The van der Waals surface area contributed by atoms with Crippen LogP contribution in [0.3, 0.4) is 0 Å². The zero-order chi connectivity index (χ0) is 10.3. The summed E-state index contributed by atoms with van der Waals surface area (Å²) in [6, 6.07) is 0. The Morgan fingerprint density at radius 1 is 1.31 bits per heavy atom. The minimum absolute atomic E-state index is 0.644. The summed E-state index contributed by atoms with van der Waals surface area (Å²) < 4.78 is 0. The molecule has 0 saturated carbocycles. The molecule has 1 nitrogen and oxygen atoms in total. The third-order valence-electron chi connectivity index (χ3n) is 2.04. The Balaban J connectivity index is 3.50. The molecule has 0 radical (unpaired) electrons. The summed E-state index contributed by atoms with van der Waals surface area (Å²) in [5.74, 6) is 3.33. The quantitative estimate of drug-likeness (QED) is 0.521. The van der Waals surface area contributed by atoms with Gasteiger partial charge in [-0.3, -0.25) is 0 Å². The summed E-state index contributed by atoms with van der Waals surface area (Å²) in [6.45, 7) is 10.7. The predicted molar refractivity (Wildman–Crippen MR) is 63.1 cm³/mol. The van der Waals surface area contributed by atoms with E-state index in [0.717, 1.165) is 17.7 Å². The Kier molecular flexibility index (Phi) is 7.22. The average molecular weight is 199 g/mol. The average Bonchev–Trinajstić information content (AvgIpc) is 2.04. The van der Waals surface area contributed by atoms with E-state index in [1.807, 2.05) is 11.8 Å². The molecule has 2 unspecified atom stereocenters. The van der Waals surface area contributed by atoms with E-state index in [9.17, 15) is 0 Å². The maximum absolute atomic E-state index is 5.14. The smallest absolute Gasteiger partial charge is 0.0574 e. The Morgan fingerprint density at radius 3 is 2.38 bits per heavy atom. The van der Waals surface area contributed by atoms with Gasteiger partial charge in [-0.1, -0.05) is 33.6 Å². The third kappa shape index (κ3) is 6.98. The normalized spacial score (nSPS) is 15.4. The van der Waals surface area contributed by atoms with Gasteiger partial charge in [-0.2, -0.15) is 11.8 Å². The van der Waals surface area contributed by atoms with Gasteiger partial charge in [0.15, 0.2) is 0 Å². The summed E-state index contributed by atoms with van der Waals surface area (Å²) >= 11 is 2.03. The van der Waals surface area contributed by atoms with Gasteiger partial charge >= 0.3 is 0 Å². The lowest BCUT2D eigenvalue weighted by Crippen LogP contribution is -2.25. The maximum atomic E-state index is 5.14. The second kappa shape index (κ2) is 7.29. The minimum Gasteiger partial charge on any atom is -0.305 e. The number of terminal acetylenes is 1. The first-order valence-electron chi connectivity index (χ1n) is 4.87. The second-order valence-electron chi connectivity index (χ2n) is 3.73. The zero-order valence-electron chi connectivity index (χ0n) is 9.13. The molecular formula is C11H21NS. The predicted octanol–water partition coefficient (Wildman–Crippen LogP) is 2.38. The fraction of sp³-hybridized carbons (Fsp3) is 0.818. The van der Waals surface area contributed by atoms with Gasteiger partial charge in [-0.05, 0) is 5.92 Å². The Hall–Kier alpha value is -0.130. The molecule has 0 aromatic carbocycles.